The van der Waals surface area contributed by atoms with Crippen molar-refractivity contribution in [2.24, 2.45) is 0 Å². The maximum atomic E-state index is 12.4. The zero-order valence-corrected chi connectivity index (χ0v) is 14.1. The average Bonchev–Trinajstić information content (AvgIpc) is 3.06. The minimum Gasteiger partial charge on any atom is -0.479 e. The summed E-state index contributed by atoms with van der Waals surface area (Å²) in [6.07, 6.45) is 0.732. The molecule has 0 aliphatic carbocycles. The summed E-state index contributed by atoms with van der Waals surface area (Å²) in [5.41, 5.74) is 0.552. The topological polar surface area (TPSA) is 102 Å². The van der Waals surface area contributed by atoms with Gasteiger partial charge < -0.3 is 15.4 Å². The summed E-state index contributed by atoms with van der Waals surface area (Å²) in [5.74, 6) is 0.507. The predicted molar refractivity (Wildman–Crippen MR) is 92.3 cm³/mol. The summed E-state index contributed by atoms with van der Waals surface area (Å²) in [7, 11) is 0. The van der Waals surface area contributed by atoms with Crippen molar-refractivity contribution < 1.29 is 14.3 Å². The third kappa shape index (κ3) is 2.76. The van der Waals surface area contributed by atoms with Crippen molar-refractivity contribution in [1.29, 1.82) is 0 Å². The number of rotatable bonds is 2. The normalized spacial score (nSPS) is 18.0. The monoisotopic (exact) mass is 358 g/mol. The molecule has 2 aromatic rings. The summed E-state index contributed by atoms with van der Waals surface area (Å²) < 4.78 is 6.97. The number of fused-ring (bicyclic) bond motifs is 2. The van der Waals surface area contributed by atoms with Gasteiger partial charge in [-0.25, -0.2) is 4.98 Å². The Morgan fingerprint density at radius 3 is 3.12 bits per heavy atom. The molecule has 2 aliphatic heterocycles. The van der Waals surface area contributed by atoms with Gasteiger partial charge in [0.05, 0.1) is 5.69 Å². The van der Waals surface area contributed by atoms with E-state index in [1.165, 1.54) is 22.5 Å². The Morgan fingerprint density at radius 2 is 2.28 bits per heavy atom. The first-order valence-corrected chi connectivity index (χ1v) is 8.67. The minimum atomic E-state index is -0.566. The number of carbonyl (C=O) groups is 2. The Labute approximate surface area is 146 Å². The zero-order valence-electron chi connectivity index (χ0n) is 13.2. The fourth-order valence-electron chi connectivity index (χ4n) is 2.66. The highest BCUT2D eigenvalue weighted by molar-refractivity contribution is 7.99. The van der Waals surface area contributed by atoms with Gasteiger partial charge in [-0.2, -0.15) is 0 Å². The molecule has 0 saturated carbocycles. The van der Waals surface area contributed by atoms with Crippen molar-refractivity contribution in [1.82, 2.24) is 9.55 Å². The van der Waals surface area contributed by atoms with Gasteiger partial charge in [0.25, 0.3) is 17.4 Å². The number of thioether (sulfide) groups is 1. The van der Waals surface area contributed by atoms with Crippen LogP contribution < -0.4 is 20.9 Å². The maximum Gasteiger partial charge on any atom is 0.267 e. The molecule has 1 aromatic carbocycles. The van der Waals surface area contributed by atoms with Crippen LogP contribution in [0.3, 0.4) is 0 Å². The SMILES string of the molecule is C[C@@H]1Oc2ccc(NC(=O)c3cnc4n(c3=O)CCS4)cc2NC1=O. The number of nitrogens with zero attached hydrogens (tertiary/aromatic N) is 2. The second kappa shape index (κ2) is 5.92. The van der Waals surface area contributed by atoms with Crippen molar-refractivity contribution in [2.75, 3.05) is 16.4 Å². The summed E-state index contributed by atoms with van der Waals surface area (Å²) in [6.45, 7) is 2.20. The third-order valence-corrected chi connectivity index (χ3v) is 4.94. The summed E-state index contributed by atoms with van der Waals surface area (Å²) in [5, 5.41) is 6.00. The van der Waals surface area contributed by atoms with Gasteiger partial charge in [0.15, 0.2) is 11.3 Å². The number of anilines is 2. The molecule has 0 spiro atoms. The molecule has 4 rings (SSSR count). The van der Waals surface area contributed by atoms with E-state index in [2.05, 4.69) is 15.6 Å². The number of carbonyl (C=O) groups excluding carboxylic acids is 2. The molecule has 0 saturated heterocycles. The maximum absolute atomic E-state index is 12.4. The van der Waals surface area contributed by atoms with Crippen molar-refractivity contribution in [3.8, 4) is 5.75 Å². The van der Waals surface area contributed by atoms with E-state index in [4.69, 9.17) is 4.74 Å². The van der Waals surface area contributed by atoms with Gasteiger partial charge >= 0.3 is 0 Å². The molecule has 0 radical (unpaired) electrons. The van der Waals surface area contributed by atoms with Crippen LogP contribution in [0.2, 0.25) is 0 Å². The van der Waals surface area contributed by atoms with E-state index in [9.17, 15) is 14.4 Å². The van der Waals surface area contributed by atoms with Crippen LogP contribution >= 0.6 is 11.8 Å². The molecule has 128 valence electrons. The van der Waals surface area contributed by atoms with Crippen LogP contribution in [0.25, 0.3) is 0 Å². The van der Waals surface area contributed by atoms with E-state index in [1.807, 2.05) is 0 Å². The molecule has 1 atom stereocenters. The predicted octanol–water partition coefficient (Wildman–Crippen LogP) is 1.32. The second-order valence-corrected chi connectivity index (χ2v) is 6.74. The van der Waals surface area contributed by atoms with Crippen LogP contribution in [-0.4, -0.2) is 33.2 Å². The Morgan fingerprint density at radius 1 is 1.44 bits per heavy atom. The van der Waals surface area contributed by atoms with Crippen LogP contribution in [0.1, 0.15) is 17.3 Å². The second-order valence-electron chi connectivity index (χ2n) is 5.67. The van der Waals surface area contributed by atoms with Gasteiger partial charge in [0.2, 0.25) is 0 Å². The van der Waals surface area contributed by atoms with Crippen LogP contribution in [0.5, 0.6) is 5.75 Å². The molecule has 1 aromatic heterocycles. The average molecular weight is 358 g/mol. The third-order valence-electron chi connectivity index (χ3n) is 3.97. The lowest BCUT2D eigenvalue weighted by Crippen LogP contribution is -2.34. The number of hydrogen-bond acceptors (Lipinski definition) is 6. The van der Waals surface area contributed by atoms with E-state index in [0.717, 1.165) is 5.75 Å². The minimum absolute atomic E-state index is 0.0159. The van der Waals surface area contributed by atoms with Crippen molar-refractivity contribution in [3.63, 3.8) is 0 Å². The van der Waals surface area contributed by atoms with Crippen molar-refractivity contribution in [2.45, 2.75) is 24.7 Å². The van der Waals surface area contributed by atoms with Crippen LogP contribution in [-0.2, 0) is 11.3 Å². The number of amides is 2. The van der Waals surface area contributed by atoms with E-state index in [-0.39, 0.29) is 17.0 Å². The van der Waals surface area contributed by atoms with Gasteiger partial charge in [-0.15, -0.1) is 0 Å². The lowest BCUT2D eigenvalue weighted by molar-refractivity contribution is -0.122. The van der Waals surface area contributed by atoms with Gasteiger partial charge in [0, 0.05) is 24.2 Å². The van der Waals surface area contributed by atoms with Gasteiger partial charge in [-0.1, -0.05) is 11.8 Å². The van der Waals surface area contributed by atoms with E-state index in [1.54, 1.807) is 25.1 Å². The molecule has 0 bridgehead atoms. The Balaban J connectivity index is 1.59. The standard InChI is InChI=1S/C16H14N4O4S/c1-8-13(21)19-11-6-9(2-3-12(11)24-8)18-14(22)10-7-17-16-20(15(10)23)4-5-25-16/h2-3,6-8H,4-5H2,1H3,(H,18,22)(H,19,21)/t8-/m0/s1. The highest BCUT2D eigenvalue weighted by Gasteiger charge is 2.24. The molecule has 2 amide bonds. The summed E-state index contributed by atoms with van der Waals surface area (Å²) in [6, 6.07) is 4.89. The lowest BCUT2D eigenvalue weighted by Gasteiger charge is -2.23. The van der Waals surface area contributed by atoms with E-state index in [0.29, 0.717) is 28.8 Å². The van der Waals surface area contributed by atoms with Crippen LogP contribution in [0.4, 0.5) is 11.4 Å². The molecule has 0 unspecified atom stereocenters. The quantitative estimate of drug-likeness (QED) is 0.785. The van der Waals surface area contributed by atoms with Gasteiger partial charge in [-0.3, -0.25) is 19.0 Å². The number of hydrogen-bond donors (Lipinski definition) is 2. The highest BCUT2D eigenvalue weighted by atomic mass is 32.2. The number of nitrogens with one attached hydrogen (secondary N) is 2. The number of ether oxygens (including phenoxy) is 1. The van der Waals surface area contributed by atoms with Crippen LogP contribution in [0, 0.1) is 0 Å². The smallest absolute Gasteiger partial charge is 0.267 e. The summed E-state index contributed by atoms with van der Waals surface area (Å²) in [4.78, 5) is 40.7. The molecular formula is C16H14N4O4S. The van der Waals surface area contributed by atoms with Crippen LogP contribution in [0.15, 0.2) is 34.3 Å². The number of aromatic nitrogens is 2. The lowest BCUT2D eigenvalue weighted by atomic mass is 10.2. The molecule has 0 fully saturated rings. The Hall–Kier alpha value is -2.81. The largest absolute Gasteiger partial charge is 0.479 e. The van der Waals surface area contributed by atoms with Gasteiger partial charge in [0.1, 0.15) is 11.3 Å². The molecule has 2 aliphatic rings. The van der Waals surface area contributed by atoms with E-state index >= 15 is 0 Å². The molecule has 8 nitrogen and oxygen atoms in total. The van der Waals surface area contributed by atoms with E-state index < -0.39 is 12.0 Å². The molecule has 25 heavy (non-hydrogen) atoms. The first kappa shape index (κ1) is 15.7. The first-order valence-electron chi connectivity index (χ1n) is 7.68. The Kier molecular flexibility index (Phi) is 3.72. The fraction of sp³-hybridized carbons (Fsp3) is 0.250. The molecular weight excluding hydrogens is 344 g/mol. The fourth-order valence-corrected chi connectivity index (χ4v) is 3.57. The van der Waals surface area contributed by atoms with Crippen molar-refractivity contribution >= 4 is 35.0 Å². The highest BCUT2D eigenvalue weighted by Crippen LogP contribution is 2.32. The zero-order chi connectivity index (χ0) is 17.6. The summed E-state index contributed by atoms with van der Waals surface area (Å²) >= 11 is 1.49. The number of benzene rings is 1. The molecule has 3 heterocycles. The molecule has 2 N–H and O–H groups in total. The Bertz CT molecular complexity index is 956. The van der Waals surface area contributed by atoms with Gasteiger partial charge in [-0.05, 0) is 25.1 Å². The van der Waals surface area contributed by atoms with Crippen molar-refractivity contribution in [3.05, 3.63) is 40.3 Å². The molecule has 9 heteroatoms. The first-order chi connectivity index (χ1) is 12.0.